The Hall–Kier alpha value is -1.92. The molecule has 3 aromatic rings. The summed E-state index contributed by atoms with van der Waals surface area (Å²) in [5, 5.41) is 0.726. The molecule has 96 valence electrons. The van der Waals surface area contributed by atoms with Crippen LogP contribution in [0.15, 0.2) is 30.6 Å². The Labute approximate surface area is 117 Å². The van der Waals surface area contributed by atoms with Gasteiger partial charge in [-0.15, -0.1) is 0 Å². The smallest absolute Gasteiger partial charge is 0.351 e. The molecule has 0 spiro atoms. The van der Waals surface area contributed by atoms with E-state index >= 15 is 0 Å². The van der Waals surface area contributed by atoms with Gasteiger partial charge < -0.3 is 4.74 Å². The molecule has 7 heteroatoms. The van der Waals surface area contributed by atoms with E-state index in [1.807, 2.05) is 24.3 Å². The third kappa shape index (κ3) is 1.98. The van der Waals surface area contributed by atoms with E-state index in [9.17, 15) is 4.79 Å². The minimum Gasteiger partial charge on any atom is -0.465 e. The SMILES string of the molecule is COC(=O)c1sc(-n2cnc3ccccc32)nc1Cl. The van der Waals surface area contributed by atoms with E-state index in [0.29, 0.717) is 5.13 Å². The highest BCUT2D eigenvalue weighted by atomic mass is 35.5. The fourth-order valence-corrected chi connectivity index (χ4v) is 2.91. The Morgan fingerprint density at radius 3 is 3.00 bits per heavy atom. The standard InChI is InChI=1S/C12H8ClN3O2S/c1-18-11(17)9-10(13)15-12(19-9)16-6-14-7-4-2-3-5-8(7)16/h2-6H,1H3. The number of fused-ring (bicyclic) bond motifs is 1. The molecule has 0 bridgehead atoms. The van der Waals surface area contributed by atoms with Crippen molar-refractivity contribution < 1.29 is 9.53 Å². The maximum atomic E-state index is 11.5. The van der Waals surface area contributed by atoms with Crippen LogP contribution < -0.4 is 0 Å². The number of rotatable bonds is 2. The number of thiazole rings is 1. The van der Waals surface area contributed by atoms with E-state index in [-0.39, 0.29) is 10.0 Å². The monoisotopic (exact) mass is 293 g/mol. The first-order valence-corrected chi connectivity index (χ1v) is 6.57. The van der Waals surface area contributed by atoms with Crippen molar-refractivity contribution in [2.24, 2.45) is 0 Å². The highest BCUT2D eigenvalue weighted by Crippen LogP contribution is 2.28. The Morgan fingerprint density at radius 1 is 1.42 bits per heavy atom. The summed E-state index contributed by atoms with van der Waals surface area (Å²) in [6, 6.07) is 7.66. The largest absolute Gasteiger partial charge is 0.465 e. The molecule has 5 nitrogen and oxygen atoms in total. The Morgan fingerprint density at radius 2 is 2.21 bits per heavy atom. The number of carbonyl (C=O) groups is 1. The predicted molar refractivity (Wildman–Crippen MR) is 73.1 cm³/mol. The van der Waals surface area contributed by atoms with Crippen LogP contribution in [0.25, 0.3) is 16.2 Å². The van der Waals surface area contributed by atoms with Crippen molar-refractivity contribution in [3.8, 4) is 5.13 Å². The number of hydrogen-bond donors (Lipinski definition) is 0. The normalized spacial score (nSPS) is 10.8. The van der Waals surface area contributed by atoms with Gasteiger partial charge in [0.05, 0.1) is 18.1 Å². The van der Waals surface area contributed by atoms with Gasteiger partial charge in [0, 0.05) is 0 Å². The molecule has 0 aliphatic heterocycles. The van der Waals surface area contributed by atoms with Gasteiger partial charge in [0.2, 0.25) is 0 Å². The maximum Gasteiger partial charge on any atom is 0.351 e. The number of halogens is 1. The second-order valence-electron chi connectivity index (χ2n) is 3.71. The molecule has 1 aromatic carbocycles. The van der Waals surface area contributed by atoms with Crippen LogP contribution >= 0.6 is 22.9 Å². The second-order valence-corrected chi connectivity index (χ2v) is 5.05. The van der Waals surface area contributed by atoms with Gasteiger partial charge in [-0.1, -0.05) is 35.1 Å². The number of carbonyl (C=O) groups excluding carboxylic acids is 1. The van der Waals surface area contributed by atoms with Gasteiger partial charge in [-0.3, -0.25) is 4.57 Å². The summed E-state index contributed by atoms with van der Waals surface area (Å²) in [4.78, 5) is 20.3. The number of esters is 1. The predicted octanol–water partition coefficient (Wildman–Crippen LogP) is 2.92. The first kappa shape index (κ1) is 12.1. The van der Waals surface area contributed by atoms with Crippen molar-refractivity contribution in [3.05, 3.63) is 40.6 Å². The molecule has 0 N–H and O–H groups in total. The number of para-hydroxylation sites is 2. The number of nitrogens with zero attached hydrogens (tertiary/aromatic N) is 3. The van der Waals surface area contributed by atoms with E-state index in [4.69, 9.17) is 11.6 Å². The summed E-state index contributed by atoms with van der Waals surface area (Å²) < 4.78 is 6.45. The zero-order valence-electron chi connectivity index (χ0n) is 9.83. The molecule has 0 radical (unpaired) electrons. The summed E-state index contributed by atoms with van der Waals surface area (Å²) in [5.41, 5.74) is 1.76. The quantitative estimate of drug-likeness (QED) is 0.682. The van der Waals surface area contributed by atoms with Crippen molar-refractivity contribution in [1.29, 1.82) is 0 Å². The Bertz CT molecular complexity index is 765. The molecule has 0 amide bonds. The van der Waals surface area contributed by atoms with Crippen LogP contribution in [-0.2, 0) is 4.74 Å². The van der Waals surface area contributed by atoms with E-state index in [1.54, 1.807) is 10.9 Å². The molecule has 0 fully saturated rings. The molecule has 0 saturated heterocycles. The zero-order chi connectivity index (χ0) is 13.4. The lowest BCUT2D eigenvalue weighted by atomic mass is 10.3. The fraction of sp³-hybridized carbons (Fsp3) is 0.0833. The molecule has 0 aliphatic rings. The average molecular weight is 294 g/mol. The van der Waals surface area contributed by atoms with Crippen LogP contribution in [0.1, 0.15) is 9.67 Å². The topological polar surface area (TPSA) is 57.0 Å². The van der Waals surface area contributed by atoms with Crippen LogP contribution in [0, 0.1) is 0 Å². The van der Waals surface area contributed by atoms with Crippen LogP contribution in [-0.4, -0.2) is 27.6 Å². The maximum absolute atomic E-state index is 11.5. The van der Waals surface area contributed by atoms with Gasteiger partial charge in [-0.05, 0) is 12.1 Å². The van der Waals surface area contributed by atoms with Crippen molar-refractivity contribution in [3.63, 3.8) is 0 Å². The van der Waals surface area contributed by atoms with Gasteiger partial charge in [0.15, 0.2) is 15.2 Å². The van der Waals surface area contributed by atoms with Gasteiger partial charge >= 0.3 is 5.97 Å². The Balaban J connectivity index is 2.15. The molecule has 0 saturated carbocycles. The minimum atomic E-state index is -0.488. The summed E-state index contributed by atoms with van der Waals surface area (Å²) in [6.45, 7) is 0. The lowest BCUT2D eigenvalue weighted by Crippen LogP contribution is -1.98. The van der Waals surface area contributed by atoms with E-state index in [2.05, 4.69) is 14.7 Å². The number of methoxy groups -OCH3 is 1. The number of hydrogen-bond acceptors (Lipinski definition) is 5. The lowest BCUT2D eigenvalue weighted by Gasteiger charge is -1.97. The van der Waals surface area contributed by atoms with Crippen molar-refractivity contribution in [2.75, 3.05) is 7.11 Å². The number of imidazole rings is 1. The summed E-state index contributed by atoms with van der Waals surface area (Å²) in [6.07, 6.45) is 1.65. The summed E-state index contributed by atoms with van der Waals surface area (Å²) in [5.74, 6) is -0.488. The average Bonchev–Trinajstić information content (AvgIpc) is 3.01. The number of aromatic nitrogens is 3. The highest BCUT2D eigenvalue weighted by Gasteiger charge is 2.19. The fourth-order valence-electron chi connectivity index (χ4n) is 1.72. The minimum absolute atomic E-state index is 0.143. The van der Waals surface area contributed by atoms with E-state index in [1.165, 1.54) is 18.4 Å². The summed E-state index contributed by atoms with van der Waals surface area (Å²) >= 11 is 7.12. The van der Waals surface area contributed by atoms with Crippen LogP contribution in [0.2, 0.25) is 5.15 Å². The Kier molecular flexibility index (Phi) is 2.96. The molecule has 0 aliphatic carbocycles. The van der Waals surface area contributed by atoms with Gasteiger partial charge in [-0.2, -0.15) is 0 Å². The van der Waals surface area contributed by atoms with Crippen molar-refractivity contribution in [1.82, 2.24) is 14.5 Å². The second kappa shape index (κ2) is 4.64. The molecule has 2 aromatic heterocycles. The summed E-state index contributed by atoms with van der Waals surface area (Å²) in [7, 11) is 1.31. The third-order valence-electron chi connectivity index (χ3n) is 2.60. The molecule has 0 unspecified atom stereocenters. The van der Waals surface area contributed by atoms with Crippen molar-refractivity contribution >= 4 is 39.9 Å². The molecular weight excluding hydrogens is 286 g/mol. The van der Waals surface area contributed by atoms with Crippen molar-refractivity contribution in [2.45, 2.75) is 0 Å². The lowest BCUT2D eigenvalue weighted by molar-refractivity contribution is 0.0606. The van der Waals surface area contributed by atoms with E-state index in [0.717, 1.165) is 11.0 Å². The van der Waals surface area contributed by atoms with Gasteiger partial charge in [0.25, 0.3) is 0 Å². The molecular formula is C12H8ClN3O2S. The zero-order valence-corrected chi connectivity index (χ0v) is 11.4. The van der Waals surface area contributed by atoms with Gasteiger partial charge in [0.1, 0.15) is 6.33 Å². The van der Waals surface area contributed by atoms with Crippen LogP contribution in [0.4, 0.5) is 0 Å². The molecule has 2 heterocycles. The first-order chi connectivity index (χ1) is 9.20. The van der Waals surface area contributed by atoms with E-state index < -0.39 is 5.97 Å². The van der Waals surface area contributed by atoms with Crippen LogP contribution in [0.3, 0.4) is 0 Å². The molecule has 3 rings (SSSR count). The molecule has 0 atom stereocenters. The van der Waals surface area contributed by atoms with Gasteiger partial charge in [-0.25, -0.2) is 14.8 Å². The number of ether oxygens (including phenoxy) is 1. The third-order valence-corrected chi connectivity index (χ3v) is 4.03. The van der Waals surface area contributed by atoms with Crippen LogP contribution in [0.5, 0.6) is 0 Å². The molecule has 19 heavy (non-hydrogen) atoms. The number of benzene rings is 1. The highest BCUT2D eigenvalue weighted by molar-refractivity contribution is 7.16. The first-order valence-electron chi connectivity index (χ1n) is 5.38.